The summed E-state index contributed by atoms with van der Waals surface area (Å²) in [5, 5.41) is 9.28. The molecule has 0 saturated carbocycles. The molecule has 0 aliphatic carbocycles. The molecule has 10 nitrogen and oxygen atoms in total. The molecule has 0 radical (unpaired) electrons. The van der Waals surface area contributed by atoms with Crippen molar-refractivity contribution in [3.05, 3.63) is 54.0 Å². The van der Waals surface area contributed by atoms with Crippen LogP contribution in [0.15, 0.2) is 42.6 Å². The van der Waals surface area contributed by atoms with E-state index in [1.165, 1.54) is 23.1 Å². The van der Waals surface area contributed by atoms with Crippen molar-refractivity contribution in [3.8, 4) is 11.8 Å². The second-order valence-corrected chi connectivity index (χ2v) is 10.1. The van der Waals surface area contributed by atoms with Crippen molar-refractivity contribution in [2.75, 3.05) is 71.2 Å². The number of aromatic nitrogens is 2. The first-order valence-electron chi connectivity index (χ1n) is 13.8. The number of likely N-dealkylation sites (N-methyl/N-ethyl adjacent to an activating group) is 2. The molecule has 1 saturated heterocycles. The van der Waals surface area contributed by atoms with Crippen LogP contribution in [0.5, 0.6) is 0 Å². The molecule has 11 heteroatoms. The molecule has 220 valence electrons. The van der Waals surface area contributed by atoms with E-state index in [2.05, 4.69) is 37.8 Å². The van der Waals surface area contributed by atoms with Gasteiger partial charge in [-0.2, -0.15) is 4.98 Å². The van der Waals surface area contributed by atoms with E-state index in [9.17, 15) is 14.0 Å². The van der Waals surface area contributed by atoms with Gasteiger partial charge in [-0.15, -0.1) is 0 Å². The van der Waals surface area contributed by atoms with E-state index in [1.54, 1.807) is 31.5 Å². The normalized spacial score (nSPS) is 13.5. The largest absolute Gasteiger partial charge is 0.381 e. The molecular weight excluding hydrogens is 525 g/mol. The number of anilines is 3. The minimum Gasteiger partial charge on any atom is -0.381 e. The molecular formula is C30H40FN7O3. The third kappa shape index (κ3) is 11.9. The molecule has 1 fully saturated rings. The lowest BCUT2D eigenvalue weighted by Crippen LogP contribution is -2.38. The van der Waals surface area contributed by atoms with Crippen LogP contribution in [0.25, 0.3) is 0 Å². The number of amides is 2. The molecule has 0 spiro atoms. The lowest BCUT2D eigenvalue weighted by atomic mass is 10.0. The predicted octanol–water partition coefficient (Wildman–Crippen LogP) is 3.02. The van der Waals surface area contributed by atoms with Gasteiger partial charge in [-0.05, 0) is 57.5 Å². The van der Waals surface area contributed by atoms with Gasteiger partial charge in [-0.1, -0.05) is 24.0 Å². The lowest BCUT2D eigenvalue weighted by molar-refractivity contribution is -0.131. The second-order valence-electron chi connectivity index (χ2n) is 10.1. The Balaban J connectivity index is 1.51. The van der Waals surface area contributed by atoms with Gasteiger partial charge in [-0.3, -0.25) is 9.59 Å². The molecule has 1 aliphatic heterocycles. The maximum absolute atomic E-state index is 13.6. The molecule has 2 heterocycles. The topological polar surface area (TPSA) is 112 Å². The smallest absolute Gasteiger partial charge is 0.246 e. The van der Waals surface area contributed by atoms with Gasteiger partial charge in [-0.25, -0.2) is 9.37 Å². The zero-order chi connectivity index (χ0) is 29.5. The summed E-state index contributed by atoms with van der Waals surface area (Å²) in [6.45, 7) is 3.35. The maximum atomic E-state index is 13.6. The van der Waals surface area contributed by atoms with Crippen molar-refractivity contribution in [1.82, 2.24) is 25.1 Å². The number of benzene rings is 1. The SMILES string of the molecule is CN(C)C/C=C/C(=O)N(C)CC(=O)NCCCC#Cc1cnc(Nc2cccc(F)c2)nc1NCC1CCOCC1. The monoisotopic (exact) mass is 565 g/mol. The molecule has 0 atom stereocenters. The number of hydrogen-bond donors (Lipinski definition) is 3. The summed E-state index contributed by atoms with van der Waals surface area (Å²) in [6, 6.07) is 6.12. The standard InChI is InChI=1S/C30H40FN7O3/c1-37(2)16-8-12-28(40)38(3)22-27(39)32-15-6-4-5-9-24-21-34-30(35-26-11-7-10-25(31)19-26)36-29(24)33-20-23-13-17-41-18-14-23/h7-8,10-12,19,21,23H,4,6,13-18,20,22H2,1-3H3,(H,32,39)(H2,33,34,35,36)/b12-8+. The Kier molecular flexibility index (Phi) is 13.0. The first-order chi connectivity index (χ1) is 19.8. The van der Waals surface area contributed by atoms with Crippen molar-refractivity contribution < 1.29 is 18.7 Å². The third-order valence-corrected chi connectivity index (χ3v) is 6.28. The minimum atomic E-state index is -0.347. The fraction of sp³-hybridized carbons (Fsp3) is 0.467. The Morgan fingerprint density at radius 1 is 1.22 bits per heavy atom. The maximum Gasteiger partial charge on any atom is 0.246 e. The van der Waals surface area contributed by atoms with Crippen molar-refractivity contribution in [2.45, 2.75) is 25.7 Å². The summed E-state index contributed by atoms with van der Waals surface area (Å²) in [4.78, 5) is 36.6. The molecule has 3 rings (SSSR count). The fourth-order valence-electron chi connectivity index (χ4n) is 3.96. The van der Waals surface area contributed by atoms with Gasteiger partial charge >= 0.3 is 0 Å². The van der Waals surface area contributed by atoms with Gasteiger partial charge in [0.15, 0.2) is 0 Å². The zero-order valence-electron chi connectivity index (χ0n) is 24.1. The Bertz CT molecular complexity index is 1240. The van der Waals surface area contributed by atoms with Gasteiger partial charge in [0.25, 0.3) is 0 Å². The summed E-state index contributed by atoms with van der Waals surface area (Å²) in [6.07, 6.45) is 8.07. The van der Waals surface area contributed by atoms with E-state index >= 15 is 0 Å². The van der Waals surface area contributed by atoms with E-state index in [1.807, 2.05) is 19.0 Å². The number of carbonyl (C=O) groups is 2. The first kappa shape index (κ1) is 31.5. The number of carbonyl (C=O) groups excluding carboxylic acids is 2. The number of ether oxygens (including phenoxy) is 1. The first-order valence-corrected chi connectivity index (χ1v) is 13.8. The Hall–Kier alpha value is -4.01. The van der Waals surface area contributed by atoms with Crippen LogP contribution < -0.4 is 16.0 Å². The number of unbranched alkanes of at least 4 members (excludes halogenated alkanes) is 1. The molecule has 2 amide bonds. The average Bonchev–Trinajstić information content (AvgIpc) is 2.94. The quantitative estimate of drug-likeness (QED) is 0.193. The van der Waals surface area contributed by atoms with Gasteiger partial charge in [0.1, 0.15) is 11.6 Å². The van der Waals surface area contributed by atoms with E-state index < -0.39 is 0 Å². The van der Waals surface area contributed by atoms with Crippen molar-refractivity contribution >= 4 is 29.3 Å². The van der Waals surface area contributed by atoms with Gasteiger partial charge in [0.05, 0.1) is 18.3 Å². The third-order valence-electron chi connectivity index (χ3n) is 6.28. The van der Waals surface area contributed by atoms with Gasteiger partial charge < -0.3 is 30.5 Å². The fourth-order valence-corrected chi connectivity index (χ4v) is 3.96. The lowest BCUT2D eigenvalue weighted by Gasteiger charge is -2.22. The minimum absolute atomic E-state index is 0.00763. The van der Waals surface area contributed by atoms with Crippen molar-refractivity contribution in [3.63, 3.8) is 0 Å². The Labute approximate surface area is 241 Å². The van der Waals surface area contributed by atoms with E-state index in [4.69, 9.17) is 4.74 Å². The predicted molar refractivity (Wildman–Crippen MR) is 158 cm³/mol. The zero-order valence-corrected chi connectivity index (χ0v) is 24.1. The van der Waals surface area contributed by atoms with Gasteiger partial charge in [0, 0.05) is 58.1 Å². The molecule has 1 aliphatic rings. The molecule has 0 bridgehead atoms. The number of rotatable bonds is 13. The van der Waals surface area contributed by atoms with Crippen LogP contribution in [0.1, 0.15) is 31.2 Å². The highest BCUT2D eigenvalue weighted by Gasteiger charge is 2.15. The molecule has 1 aromatic heterocycles. The summed E-state index contributed by atoms with van der Waals surface area (Å²) in [5.74, 6) is 6.92. The van der Waals surface area contributed by atoms with Crippen LogP contribution in [-0.2, 0) is 14.3 Å². The highest BCUT2D eigenvalue weighted by Crippen LogP contribution is 2.20. The van der Waals surface area contributed by atoms with E-state index in [0.29, 0.717) is 54.9 Å². The van der Waals surface area contributed by atoms with E-state index in [-0.39, 0.29) is 24.2 Å². The summed E-state index contributed by atoms with van der Waals surface area (Å²) in [5.41, 5.74) is 1.21. The van der Waals surface area contributed by atoms with Crippen LogP contribution in [0.2, 0.25) is 0 Å². The van der Waals surface area contributed by atoms with Crippen LogP contribution in [0.4, 0.5) is 21.8 Å². The van der Waals surface area contributed by atoms with Crippen LogP contribution in [0.3, 0.4) is 0 Å². The molecule has 2 aromatic rings. The number of nitrogens with one attached hydrogen (secondary N) is 3. The molecule has 1 aromatic carbocycles. The van der Waals surface area contributed by atoms with Crippen molar-refractivity contribution in [1.29, 1.82) is 0 Å². The second kappa shape index (κ2) is 16.9. The highest BCUT2D eigenvalue weighted by molar-refractivity contribution is 5.91. The molecule has 3 N–H and O–H groups in total. The number of halogens is 1. The summed E-state index contributed by atoms with van der Waals surface area (Å²) in [7, 11) is 5.43. The van der Waals surface area contributed by atoms with Crippen LogP contribution in [0, 0.1) is 23.6 Å². The number of nitrogens with zero attached hydrogens (tertiary/aromatic N) is 4. The summed E-state index contributed by atoms with van der Waals surface area (Å²) >= 11 is 0. The number of hydrogen-bond acceptors (Lipinski definition) is 8. The van der Waals surface area contributed by atoms with E-state index in [0.717, 1.165) is 32.6 Å². The highest BCUT2D eigenvalue weighted by atomic mass is 19.1. The molecule has 0 unspecified atom stereocenters. The van der Waals surface area contributed by atoms with Crippen LogP contribution in [-0.4, -0.2) is 92.1 Å². The van der Waals surface area contributed by atoms with Gasteiger partial charge in [0.2, 0.25) is 17.8 Å². The Morgan fingerprint density at radius 2 is 2.02 bits per heavy atom. The summed E-state index contributed by atoms with van der Waals surface area (Å²) < 4.78 is 19.1. The molecule has 41 heavy (non-hydrogen) atoms. The Morgan fingerprint density at radius 3 is 2.78 bits per heavy atom. The van der Waals surface area contributed by atoms with Crippen molar-refractivity contribution in [2.24, 2.45) is 5.92 Å². The average molecular weight is 566 g/mol. The van der Waals surface area contributed by atoms with Crippen LogP contribution >= 0.6 is 0 Å².